The molecule has 2 aliphatic rings. The molecule has 0 bridgehead atoms. The van der Waals surface area contributed by atoms with Gasteiger partial charge in [-0.25, -0.2) is 0 Å². The predicted octanol–water partition coefficient (Wildman–Crippen LogP) is 0.609. The Morgan fingerprint density at radius 3 is 2.81 bits per heavy atom. The summed E-state index contributed by atoms with van der Waals surface area (Å²) in [6.07, 6.45) is 0.630. The summed E-state index contributed by atoms with van der Waals surface area (Å²) in [5.74, 6) is 0.223. The lowest BCUT2D eigenvalue weighted by molar-refractivity contribution is -0.127. The highest BCUT2D eigenvalue weighted by Crippen LogP contribution is 2.57. The van der Waals surface area contributed by atoms with Crippen LogP contribution in [0.3, 0.4) is 0 Å². The molecule has 16 heavy (non-hydrogen) atoms. The summed E-state index contributed by atoms with van der Waals surface area (Å²) < 4.78 is 5.12. The topological polar surface area (TPSA) is 55.4 Å². The lowest BCUT2D eigenvalue weighted by Gasteiger charge is -2.11. The summed E-state index contributed by atoms with van der Waals surface area (Å²) in [5.41, 5.74) is 0.270. The minimum absolute atomic E-state index is 0.146. The molecule has 0 aromatic heterocycles. The Bertz CT molecular complexity index is 497. The van der Waals surface area contributed by atoms with Crippen molar-refractivity contribution in [3.63, 3.8) is 0 Å². The number of piperidine rings is 1. The fraction of sp³-hybridized carbons (Fsp3) is 0.333. The molecular weight excluding hydrogens is 206 g/mol. The van der Waals surface area contributed by atoms with Crippen molar-refractivity contribution in [3.05, 3.63) is 29.8 Å². The maximum absolute atomic E-state index is 11.8. The number of hydrogen-bond donors (Lipinski definition) is 1. The maximum atomic E-state index is 11.8. The van der Waals surface area contributed by atoms with Crippen LogP contribution in [0.2, 0.25) is 0 Å². The predicted molar refractivity (Wildman–Crippen MR) is 55.9 cm³/mol. The van der Waals surface area contributed by atoms with E-state index >= 15 is 0 Å². The summed E-state index contributed by atoms with van der Waals surface area (Å²) in [6, 6.07) is 7.37. The van der Waals surface area contributed by atoms with Gasteiger partial charge in [-0.05, 0) is 24.1 Å². The van der Waals surface area contributed by atoms with Crippen molar-refractivity contribution in [2.75, 3.05) is 7.11 Å². The molecule has 1 aliphatic carbocycles. The van der Waals surface area contributed by atoms with Crippen LogP contribution in [0.1, 0.15) is 12.0 Å². The average molecular weight is 217 g/mol. The molecule has 1 aromatic rings. The third-order valence-electron chi connectivity index (χ3n) is 3.50. The normalized spacial score (nSPS) is 30.9. The summed E-state index contributed by atoms with van der Waals surface area (Å²) in [7, 11) is 1.58. The Labute approximate surface area is 92.6 Å². The van der Waals surface area contributed by atoms with Crippen LogP contribution in [-0.2, 0) is 15.0 Å². The zero-order valence-electron chi connectivity index (χ0n) is 8.82. The quantitative estimate of drug-likeness (QED) is 0.738. The highest BCUT2D eigenvalue weighted by atomic mass is 16.5. The number of ether oxygens (including phenoxy) is 1. The summed E-state index contributed by atoms with van der Waals surface area (Å²) in [5, 5.41) is 2.37. The van der Waals surface area contributed by atoms with Crippen LogP contribution in [0, 0.1) is 5.92 Å². The molecule has 2 atom stereocenters. The first-order valence-electron chi connectivity index (χ1n) is 5.18. The Morgan fingerprint density at radius 2 is 2.25 bits per heavy atom. The number of fused-ring (bicyclic) bond motifs is 1. The van der Waals surface area contributed by atoms with E-state index in [1.807, 2.05) is 24.3 Å². The number of carbonyl (C=O) groups is 2. The van der Waals surface area contributed by atoms with Gasteiger partial charge in [0.05, 0.1) is 18.4 Å². The van der Waals surface area contributed by atoms with Crippen LogP contribution in [0.15, 0.2) is 24.3 Å². The van der Waals surface area contributed by atoms with Gasteiger partial charge in [0, 0.05) is 0 Å². The van der Waals surface area contributed by atoms with Crippen LogP contribution in [0.25, 0.3) is 0 Å². The van der Waals surface area contributed by atoms with Crippen molar-refractivity contribution < 1.29 is 14.3 Å². The minimum atomic E-state index is -0.606. The molecule has 4 nitrogen and oxygen atoms in total. The third kappa shape index (κ3) is 0.988. The van der Waals surface area contributed by atoms with Crippen LogP contribution >= 0.6 is 0 Å². The van der Waals surface area contributed by atoms with Gasteiger partial charge in [0.2, 0.25) is 11.8 Å². The van der Waals surface area contributed by atoms with E-state index in [9.17, 15) is 9.59 Å². The van der Waals surface area contributed by atoms with Crippen LogP contribution in [0.4, 0.5) is 0 Å². The Kier molecular flexibility index (Phi) is 1.67. The van der Waals surface area contributed by atoms with Gasteiger partial charge in [-0.1, -0.05) is 12.1 Å². The Hall–Kier alpha value is -1.84. The first-order chi connectivity index (χ1) is 7.68. The van der Waals surface area contributed by atoms with E-state index in [1.165, 1.54) is 0 Å². The zero-order valence-corrected chi connectivity index (χ0v) is 8.82. The fourth-order valence-electron chi connectivity index (χ4n) is 2.49. The van der Waals surface area contributed by atoms with Gasteiger partial charge in [-0.3, -0.25) is 14.9 Å². The van der Waals surface area contributed by atoms with Crippen molar-refractivity contribution in [1.29, 1.82) is 0 Å². The average Bonchev–Trinajstić information content (AvgIpc) is 3.00. The number of benzene rings is 1. The minimum Gasteiger partial charge on any atom is -0.497 e. The monoisotopic (exact) mass is 217 g/mol. The third-order valence-corrected chi connectivity index (χ3v) is 3.50. The summed E-state index contributed by atoms with van der Waals surface area (Å²) >= 11 is 0. The molecule has 82 valence electrons. The Morgan fingerprint density at radius 1 is 1.44 bits per heavy atom. The number of amides is 2. The molecule has 2 unspecified atom stereocenters. The second-order valence-electron chi connectivity index (χ2n) is 4.28. The number of methoxy groups -OCH3 is 1. The number of carbonyl (C=O) groups excluding carboxylic acids is 2. The van der Waals surface area contributed by atoms with Gasteiger partial charge in [-0.2, -0.15) is 0 Å². The van der Waals surface area contributed by atoms with Gasteiger partial charge >= 0.3 is 0 Å². The van der Waals surface area contributed by atoms with Crippen molar-refractivity contribution in [2.24, 2.45) is 5.92 Å². The van der Waals surface area contributed by atoms with Crippen molar-refractivity contribution in [1.82, 2.24) is 5.32 Å². The van der Waals surface area contributed by atoms with Gasteiger partial charge in [0.15, 0.2) is 0 Å². The van der Waals surface area contributed by atoms with Crippen LogP contribution < -0.4 is 10.1 Å². The van der Waals surface area contributed by atoms with E-state index < -0.39 is 5.41 Å². The van der Waals surface area contributed by atoms with E-state index in [4.69, 9.17) is 4.74 Å². The van der Waals surface area contributed by atoms with Gasteiger partial charge in [0.1, 0.15) is 5.75 Å². The second kappa shape index (κ2) is 2.84. The van der Waals surface area contributed by atoms with Gasteiger partial charge in [0.25, 0.3) is 0 Å². The maximum Gasteiger partial charge on any atom is 0.238 e. The van der Waals surface area contributed by atoms with Crippen LogP contribution in [-0.4, -0.2) is 18.9 Å². The summed E-state index contributed by atoms with van der Waals surface area (Å²) in [6.45, 7) is 0. The van der Waals surface area contributed by atoms with Gasteiger partial charge in [-0.15, -0.1) is 0 Å². The molecule has 0 radical (unpaired) electrons. The summed E-state index contributed by atoms with van der Waals surface area (Å²) in [4.78, 5) is 23.2. The number of imide groups is 1. The Balaban J connectivity index is 2.05. The lowest BCUT2D eigenvalue weighted by atomic mass is 9.94. The molecule has 1 aromatic carbocycles. The molecule has 1 saturated carbocycles. The second-order valence-corrected chi connectivity index (χ2v) is 4.28. The molecule has 1 heterocycles. The SMILES string of the molecule is COc1cccc(C23CC2C(=O)NC3=O)c1. The first-order valence-corrected chi connectivity index (χ1v) is 5.18. The smallest absolute Gasteiger partial charge is 0.238 e. The van der Waals surface area contributed by atoms with E-state index in [2.05, 4.69) is 5.32 Å². The standard InChI is InChI=1S/C12H11NO3/c1-16-8-4-2-3-7(5-8)12-6-9(12)10(14)13-11(12)15/h2-5,9H,6H2,1H3,(H,13,14,15). The molecule has 2 fully saturated rings. The molecular formula is C12H11NO3. The molecule has 2 amide bonds. The lowest BCUT2D eigenvalue weighted by Crippen LogP contribution is -2.30. The molecule has 0 spiro atoms. The molecule has 3 rings (SSSR count). The molecule has 1 N–H and O–H groups in total. The largest absolute Gasteiger partial charge is 0.497 e. The van der Waals surface area contributed by atoms with E-state index in [1.54, 1.807) is 7.11 Å². The van der Waals surface area contributed by atoms with Crippen molar-refractivity contribution in [2.45, 2.75) is 11.8 Å². The first kappa shape index (κ1) is 9.39. The van der Waals surface area contributed by atoms with Crippen molar-refractivity contribution >= 4 is 11.8 Å². The van der Waals surface area contributed by atoms with E-state index in [0.717, 1.165) is 5.56 Å². The van der Waals surface area contributed by atoms with E-state index in [0.29, 0.717) is 12.2 Å². The number of hydrogen-bond acceptors (Lipinski definition) is 3. The van der Waals surface area contributed by atoms with Crippen molar-refractivity contribution in [3.8, 4) is 5.75 Å². The number of nitrogens with one attached hydrogen (secondary N) is 1. The molecule has 4 heteroatoms. The highest BCUT2D eigenvalue weighted by molar-refractivity contribution is 6.15. The zero-order chi connectivity index (χ0) is 11.3. The molecule has 1 aliphatic heterocycles. The molecule has 1 saturated heterocycles. The highest BCUT2D eigenvalue weighted by Gasteiger charge is 2.69. The van der Waals surface area contributed by atoms with Crippen LogP contribution in [0.5, 0.6) is 5.75 Å². The fourth-order valence-corrected chi connectivity index (χ4v) is 2.49. The van der Waals surface area contributed by atoms with Gasteiger partial charge < -0.3 is 4.74 Å². The van der Waals surface area contributed by atoms with E-state index in [-0.39, 0.29) is 17.7 Å². The number of rotatable bonds is 2.